The number of ether oxygens (including phenoxy) is 2. The summed E-state index contributed by atoms with van der Waals surface area (Å²) in [5.74, 6) is 0.319. The van der Waals surface area contributed by atoms with Gasteiger partial charge in [-0.3, -0.25) is 9.59 Å². The Kier molecular flexibility index (Phi) is 8.27. The number of para-hydroxylation sites is 1. The number of rotatable bonds is 8. The zero-order valence-corrected chi connectivity index (χ0v) is 17.6. The van der Waals surface area contributed by atoms with Crippen LogP contribution in [0.3, 0.4) is 0 Å². The molecule has 1 N–H and O–H groups in total. The second kappa shape index (κ2) is 11.4. The number of carbonyl (C=O) groups excluding carboxylic acids is 2. The highest BCUT2D eigenvalue weighted by atomic mass is 16.5. The van der Waals surface area contributed by atoms with Crippen LogP contribution in [0.4, 0.5) is 5.69 Å². The van der Waals surface area contributed by atoms with Gasteiger partial charge in [0.2, 0.25) is 0 Å². The van der Waals surface area contributed by atoms with Gasteiger partial charge in [0.05, 0.1) is 12.2 Å². The molecule has 1 heterocycles. The second-order valence-corrected chi connectivity index (χ2v) is 7.28. The molecule has 0 aliphatic carbocycles. The van der Waals surface area contributed by atoms with Crippen LogP contribution in [0.1, 0.15) is 53.3 Å². The first kappa shape index (κ1) is 21.8. The molecule has 1 aliphatic heterocycles. The van der Waals surface area contributed by atoms with Gasteiger partial charge in [-0.15, -0.1) is 0 Å². The Hall–Kier alpha value is -2.86. The fraction of sp³-hybridized carbons (Fsp3) is 0.417. The number of amides is 2. The van der Waals surface area contributed by atoms with Crippen molar-refractivity contribution in [1.29, 1.82) is 0 Å². The lowest BCUT2D eigenvalue weighted by Crippen LogP contribution is -2.31. The molecular weight excluding hydrogens is 380 g/mol. The van der Waals surface area contributed by atoms with Crippen LogP contribution < -0.4 is 10.1 Å². The fourth-order valence-electron chi connectivity index (χ4n) is 3.49. The van der Waals surface area contributed by atoms with Crippen molar-refractivity contribution in [2.24, 2.45) is 0 Å². The molecule has 0 atom stereocenters. The molecule has 0 aromatic heterocycles. The maximum absolute atomic E-state index is 12.7. The minimum absolute atomic E-state index is 0.0582. The van der Waals surface area contributed by atoms with Crippen molar-refractivity contribution in [1.82, 2.24) is 4.90 Å². The summed E-state index contributed by atoms with van der Waals surface area (Å²) in [4.78, 5) is 27.4. The number of hydrogen-bond acceptors (Lipinski definition) is 4. The molecule has 1 aliphatic rings. The highest BCUT2D eigenvalue weighted by Gasteiger charge is 2.17. The average Bonchev–Trinajstić information content (AvgIpc) is 3.07. The molecule has 0 radical (unpaired) electrons. The van der Waals surface area contributed by atoms with Gasteiger partial charge >= 0.3 is 0 Å². The summed E-state index contributed by atoms with van der Waals surface area (Å²) in [5.41, 5.74) is 1.74. The summed E-state index contributed by atoms with van der Waals surface area (Å²) in [6.07, 6.45) is 4.50. The molecule has 30 heavy (non-hydrogen) atoms. The van der Waals surface area contributed by atoms with Crippen molar-refractivity contribution in [3.05, 3.63) is 59.7 Å². The highest BCUT2D eigenvalue weighted by Crippen LogP contribution is 2.21. The van der Waals surface area contributed by atoms with Gasteiger partial charge in [-0.05, 0) is 56.2 Å². The summed E-state index contributed by atoms with van der Waals surface area (Å²) in [5, 5.41) is 2.88. The minimum Gasteiger partial charge on any atom is -0.490 e. The van der Waals surface area contributed by atoms with E-state index in [1.165, 1.54) is 12.8 Å². The molecule has 0 unspecified atom stereocenters. The van der Waals surface area contributed by atoms with E-state index in [2.05, 4.69) is 5.32 Å². The number of anilines is 1. The van der Waals surface area contributed by atoms with Gasteiger partial charge in [0.1, 0.15) is 12.4 Å². The molecule has 0 bridgehead atoms. The lowest BCUT2D eigenvalue weighted by molar-refractivity contribution is 0.0761. The van der Waals surface area contributed by atoms with Crippen LogP contribution in [0, 0.1) is 0 Å². The zero-order chi connectivity index (χ0) is 21.2. The summed E-state index contributed by atoms with van der Waals surface area (Å²) in [6.45, 7) is 5.04. The smallest absolute Gasteiger partial charge is 0.259 e. The molecule has 2 amide bonds. The number of hydrogen-bond donors (Lipinski definition) is 1. The van der Waals surface area contributed by atoms with Gasteiger partial charge in [-0.1, -0.05) is 25.0 Å². The summed E-state index contributed by atoms with van der Waals surface area (Å²) < 4.78 is 11.0. The Morgan fingerprint density at radius 3 is 2.33 bits per heavy atom. The number of nitrogens with zero attached hydrogens (tertiary/aromatic N) is 1. The highest BCUT2D eigenvalue weighted by molar-refractivity contribution is 6.06. The fourth-order valence-corrected chi connectivity index (χ4v) is 3.49. The number of likely N-dealkylation sites (tertiary alicyclic amines) is 1. The predicted molar refractivity (Wildman–Crippen MR) is 117 cm³/mol. The predicted octanol–water partition coefficient (Wildman–Crippen LogP) is 4.37. The lowest BCUT2D eigenvalue weighted by Gasteiger charge is -2.20. The van der Waals surface area contributed by atoms with Crippen molar-refractivity contribution in [3.8, 4) is 5.75 Å². The van der Waals surface area contributed by atoms with Gasteiger partial charge in [0.15, 0.2) is 0 Å². The average molecular weight is 411 g/mol. The summed E-state index contributed by atoms with van der Waals surface area (Å²) in [7, 11) is 0. The van der Waals surface area contributed by atoms with Crippen molar-refractivity contribution >= 4 is 17.5 Å². The van der Waals surface area contributed by atoms with Gasteiger partial charge in [-0.2, -0.15) is 0 Å². The van der Waals surface area contributed by atoms with Crippen molar-refractivity contribution in [3.63, 3.8) is 0 Å². The van der Waals surface area contributed by atoms with E-state index in [1.54, 1.807) is 42.5 Å². The molecule has 6 nitrogen and oxygen atoms in total. The largest absolute Gasteiger partial charge is 0.490 e. The normalized spacial score (nSPS) is 14.1. The molecule has 0 spiro atoms. The van der Waals surface area contributed by atoms with Crippen LogP contribution in [0.5, 0.6) is 5.75 Å². The molecule has 160 valence electrons. The molecule has 2 aromatic carbocycles. The standard InChI is InChI=1S/C24H30N2O4/c1-2-29-17-18-30-22-10-6-5-9-21(22)23(27)25-20-13-11-19(12-14-20)24(28)26-15-7-3-4-8-16-26/h5-6,9-14H,2-4,7-8,15-18H2,1H3,(H,25,27). The van der Waals surface area contributed by atoms with E-state index in [0.29, 0.717) is 42.4 Å². The third kappa shape index (κ3) is 6.07. The van der Waals surface area contributed by atoms with Crippen molar-refractivity contribution < 1.29 is 19.1 Å². The van der Waals surface area contributed by atoms with E-state index in [4.69, 9.17) is 9.47 Å². The maximum Gasteiger partial charge on any atom is 0.259 e. The Bertz CT molecular complexity index is 827. The first-order chi connectivity index (χ1) is 14.7. The van der Waals surface area contributed by atoms with E-state index >= 15 is 0 Å². The van der Waals surface area contributed by atoms with Crippen molar-refractivity contribution in [2.75, 3.05) is 38.2 Å². The van der Waals surface area contributed by atoms with Crippen LogP contribution in [-0.4, -0.2) is 49.6 Å². The third-order valence-corrected chi connectivity index (χ3v) is 5.10. The molecular formula is C24H30N2O4. The maximum atomic E-state index is 12.7. The quantitative estimate of drug-likeness (QED) is 0.656. The second-order valence-electron chi connectivity index (χ2n) is 7.28. The number of benzene rings is 2. The third-order valence-electron chi connectivity index (χ3n) is 5.10. The molecule has 6 heteroatoms. The van der Waals surface area contributed by atoms with Gasteiger partial charge in [-0.25, -0.2) is 0 Å². The summed E-state index contributed by atoms with van der Waals surface area (Å²) in [6, 6.07) is 14.2. The van der Waals surface area contributed by atoms with E-state index in [-0.39, 0.29) is 11.8 Å². The monoisotopic (exact) mass is 410 g/mol. The van der Waals surface area contributed by atoms with E-state index in [9.17, 15) is 9.59 Å². The lowest BCUT2D eigenvalue weighted by atomic mass is 10.1. The van der Waals surface area contributed by atoms with Crippen LogP contribution >= 0.6 is 0 Å². The van der Waals surface area contributed by atoms with Crippen LogP contribution in [0.15, 0.2) is 48.5 Å². The van der Waals surface area contributed by atoms with Crippen LogP contribution in [0.2, 0.25) is 0 Å². The Morgan fingerprint density at radius 2 is 1.63 bits per heavy atom. The topological polar surface area (TPSA) is 67.9 Å². The van der Waals surface area contributed by atoms with E-state index in [1.807, 2.05) is 17.9 Å². The van der Waals surface area contributed by atoms with Crippen molar-refractivity contribution in [2.45, 2.75) is 32.6 Å². The first-order valence-corrected chi connectivity index (χ1v) is 10.7. The Balaban J connectivity index is 1.61. The van der Waals surface area contributed by atoms with Gasteiger partial charge in [0, 0.05) is 30.9 Å². The Morgan fingerprint density at radius 1 is 0.933 bits per heavy atom. The molecule has 2 aromatic rings. The molecule has 1 saturated heterocycles. The van der Waals surface area contributed by atoms with E-state index in [0.717, 1.165) is 25.9 Å². The molecule has 1 fully saturated rings. The van der Waals surface area contributed by atoms with Gasteiger partial charge < -0.3 is 19.7 Å². The minimum atomic E-state index is -0.256. The number of nitrogens with one attached hydrogen (secondary N) is 1. The van der Waals surface area contributed by atoms with Crippen LogP contribution in [-0.2, 0) is 4.74 Å². The van der Waals surface area contributed by atoms with Gasteiger partial charge in [0.25, 0.3) is 11.8 Å². The zero-order valence-electron chi connectivity index (χ0n) is 17.6. The first-order valence-electron chi connectivity index (χ1n) is 10.7. The molecule has 0 saturated carbocycles. The van der Waals surface area contributed by atoms with Crippen LogP contribution in [0.25, 0.3) is 0 Å². The SMILES string of the molecule is CCOCCOc1ccccc1C(=O)Nc1ccc(C(=O)N2CCCCCC2)cc1. The molecule has 3 rings (SSSR count). The number of carbonyl (C=O) groups is 2. The summed E-state index contributed by atoms with van der Waals surface area (Å²) >= 11 is 0. The van der Waals surface area contributed by atoms with E-state index < -0.39 is 0 Å². The Labute approximate surface area is 178 Å².